The van der Waals surface area contributed by atoms with Crippen LogP contribution < -0.4 is 0 Å². The Balaban J connectivity index is 1.72. The quantitative estimate of drug-likeness (QED) is 0.867. The fourth-order valence-corrected chi connectivity index (χ4v) is 2.76. The summed E-state index contributed by atoms with van der Waals surface area (Å²) in [5.74, 6) is 1.44. The first-order valence-corrected chi connectivity index (χ1v) is 8.20. The number of rotatable bonds is 3. The molecular weight excluding hydrogens is 290 g/mol. The molecule has 2 atom stereocenters. The zero-order valence-electron chi connectivity index (χ0n) is 14.3. The van der Waals surface area contributed by atoms with Gasteiger partial charge in [0, 0.05) is 18.5 Å². The predicted molar refractivity (Wildman–Crippen MR) is 88.1 cm³/mol. The summed E-state index contributed by atoms with van der Waals surface area (Å²) in [4.78, 5) is 6.94. The van der Waals surface area contributed by atoms with Gasteiger partial charge in [-0.15, -0.1) is 0 Å². The number of hydrogen-bond acceptors (Lipinski definition) is 5. The van der Waals surface area contributed by atoms with Crippen LogP contribution in [0, 0.1) is 0 Å². The van der Waals surface area contributed by atoms with Gasteiger partial charge in [0.25, 0.3) is 0 Å². The Morgan fingerprint density at radius 3 is 2.61 bits per heavy atom. The van der Waals surface area contributed by atoms with Gasteiger partial charge >= 0.3 is 0 Å². The van der Waals surface area contributed by atoms with Gasteiger partial charge in [0.1, 0.15) is 0 Å². The summed E-state index contributed by atoms with van der Waals surface area (Å²) in [5, 5.41) is 4.14. The van der Waals surface area contributed by atoms with Gasteiger partial charge < -0.3 is 9.26 Å². The SMILES string of the molecule is C[C@H](c1nc(C(C)(C)C)no1)N1CCO[C@H](c2ccccc2)C1. The summed E-state index contributed by atoms with van der Waals surface area (Å²) in [5.41, 5.74) is 1.12. The van der Waals surface area contributed by atoms with Crippen LogP contribution in [0.3, 0.4) is 0 Å². The summed E-state index contributed by atoms with van der Waals surface area (Å²) in [6.07, 6.45) is 0.0948. The molecule has 1 fully saturated rings. The van der Waals surface area contributed by atoms with Gasteiger partial charge in [-0.1, -0.05) is 56.3 Å². The number of hydrogen-bond donors (Lipinski definition) is 0. The van der Waals surface area contributed by atoms with E-state index in [9.17, 15) is 0 Å². The maximum absolute atomic E-state index is 5.93. The zero-order valence-corrected chi connectivity index (χ0v) is 14.3. The standard InChI is InChI=1S/C18H25N3O2/c1-13(16-19-17(20-23-16)18(2,3)4)21-10-11-22-15(12-21)14-8-6-5-7-9-14/h5-9,13,15H,10-12H2,1-4H3/t13-,15+/m1/s1. The fourth-order valence-electron chi connectivity index (χ4n) is 2.76. The van der Waals surface area contributed by atoms with E-state index >= 15 is 0 Å². The highest BCUT2D eigenvalue weighted by molar-refractivity contribution is 5.18. The molecule has 0 spiro atoms. The highest BCUT2D eigenvalue weighted by Crippen LogP contribution is 2.29. The Kier molecular flexibility index (Phi) is 4.50. The average molecular weight is 315 g/mol. The molecule has 0 unspecified atom stereocenters. The van der Waals surface area contributed by atoms with Crippen LogP contribution in [0.1, 0.15) is 57.1 Å². The van der Waals surface area contributed by atoms with Crippen LogP contribution in [0.15, 0.2) is 34.9 Å². The van der Waals surface area contributed by atoms with Crippen LogP contribution in [0.25, 0.3) is 0 Å². The molecule has 1 aliphatic rings. The number of benzene rings is 1. The summed E-state index contributed by atoms with van der Waals surface area (Å²) >= 11 is 0. The third kappa shape index (κ3) is 3.62. The van der Waals surface area contributed by atoms with E-state index in [2.05, 4.69) is 67.0 Å². The zero-order chi connectivity index (χ0) is 16.4. The van der Waals surface area contributed by atoms with Crippen molar-refractivity contribution in [3.63, 3.8) is 0 Å². The van der Waals surface area contributed by atoms with Gasteiger partial charge in [-0.2, -0.15) is 4.98 Å². The molecular formula is C18H25N3O2. The Bertz CT molecular complexity index is 633. The topological polar surface area (TPSA) is 51.4 Å². The van der Waals surface area contributed by atoms with Crippen LogP contribution in [-0.4, -0.2) is 34.7 Å². The molecule has 1 aromatic heterocycles. The van der Waals surface area contributed by atoms with E-state index in [-0.39, 0.29) is 17.6 Å². The van der Waals surface area contributed by atoms with Crippen molar-refractivity contribution in [2.24, 2.45) is 0 Å². The molecule has 0 saturated carbocycles. The highest BCUT2D eigenvalue weighted by atomic mass is 16.5. The van der Waals surface area contributed by atoms with Crippen molar-refractivity contribution < 1.29 is 9.26 Å². The molecule has 23 heavy (non-hydrogen) atoms. The molecule has 1 aliphatic heterocycles. The molecule has 1 aromatic carbocycles. The van der Waals surface area contributed by atoms with Crippen LogP contribution in [-0.2, 0) is 10.2 Å². The van der Waals surface area contributed by atoms with Crippen molar-refractivity contribution in [1.82, 2.24) is 15.0 Å². The van der Waals surface area contributed by atoms with Crippen LogP contribution in [0.5, 0.6) is 0 Å². The van der Waals surface area contributed by atoms with E-state index < -0.39 is 0 Å². The second-order valence-electron chi connectivity index (χ2n) is 7.15. The Morgan fingerprint density at radius 1 is 1.22 bits per heavy atom. The lowest BCUT2D eigenvalue weighted by Gasteiger charge is -2.35. The molecule has 2 aromatic rings. The first-order chi connectivity index (χ1) is 10.9. The van der Waals surface area contributed by atoms with Crippen LogP contribution in [0.4, 0.5) is 0 Å². The smallest absolute Gasteiger partial charge is 0.243 e. The van der Waals surface area contributed by atoms with Gasteiger partial charge in [-0.25, -0.2) is 0 Å². The molecule has 124 valence electrons. The second-order valence-corrected chi connectivity index (χ2v) is 7.15. The molecule has 0 aliphatic carbocycles. The first-order valence-electron chi connectivity index (χ1n) is 8.20. The van der Waals surface area contributed by atoms with Crippen LogP contribution >= 0.6 is 0 Å². The van der Waals surface area contributed by atoms with E-state index in [0.29, 0.717) is 12.5 Å². The van der Waals surface area contributed by atoms with E-state index in [1.54, 1.807) is 0 Å². The molecule has 0 radical (unpaired) electrons. The normalized spacial score (nSPS) is 21.3. The van der Waals surface area contributed by atoms with Crippen molar-refractivity contribution in [1.29, 1.82) is 0 Å². The summed E-state index contributed by atoms with van der Waals surface area (Å²) in [6.45, 7) is 10.8. The lowest BCUT2D eigenvalue weighted by Crippen LogP contribution is -2.40. The molecule has 5 nitrogen and oxygen atoms in total. The fraction of sp³-hybridized carbons (Fsp3) is 0.556. The molecule has 1 saturated heterocycles. The maximum atomic E-state index is 5.93. The van der Waals surface area contributed by atoms with Gasteiger partial charge in [0.15, 0.2) is 5.82 Å². The van der Waals surface area contributed by atoms with Crippen LogP contribution in [0.2, 0.25) is 0 Å². The Hall–Kier alpha value is -1.72. The second kappa shape index (κ2) is 6.42. The number of morpholine rings is 1. The summed E-state index contributed by atoms with van der Waals surface area (Å²) < 4.78 is 11.4. The molecule has 0 bridgehead atoms. The predicted octanol–water partition coefficient (Wildman–Crippen LogP) is 3.50. The minimum Gasteiger partial charge on any atom is -0.371 e. The van der Waals surface area contributed by atoms with E-state index in [1.807, 2.05) is 6.07 Å². The number of ether oxygens (including phenoxy) is 1. The summed E-state index contributed by atoms with van der Waals surface area (Å²) in [7, 11) is 0. The van der Waals surface area contributed by atoms with Crippen molar-refractivity contribution in [2.75, 3.05) is 19.7 Å². The minimum atomic E-state index is -0.0982. The molecule has 3 rings (SSSR count). The first kappa shape index (κ1) is 16.1. The van der Waals surface area contributed by atoms with Gasteiger partial charge in [-0.3, -0.25) is 4.90 Å². The Morgan fingerprint density at radius 2 is 1.96 bits per heavy atom. The summed E-state index contributed by atoms with van der Waals surface area (Å²) in [6, 6.07) is 10.4. The van der Waals surface area contributed by atoms with E-state index in [4.69, 9.17) is 9.26 Å². The largest absolute Gasteiger partial charge is 0.371 e. The van der Waals surface area contributed by atoms with Gasteiger partial charge in [0.05, 0.1) is 18.8 Å². The monoisotopic (exact) mass is 315 g/mol. The van der Waals surface area contributed by atoms with E-state index in [0.717, 1.165) is 18.9 Å². The third-order valence-corrected chi connectivity index (χ3v) is 4.29. The van der Waals surface area contributed by atoms with Crippen molar-refractivity contribution >= 4 is 0 Å². The Labute approximate surface area is 137 Å². The molecule has 2 heterocycles. The molecule has 0 amide bonds. The lowest BCUT2D eigenvalue weighted by atomic mass is 9.96. The van der Waals surface area contributed by atoms with Crippen molar-refractivity contribution in [2.45, 2.75) is 45.3 Å². The van der Waals surface area contributed by atoms with E-state index in [1.165, 1.54) is 5.56 Å². The lowest BCUT2D eigenvalue weighted by molar-refractivity contribution is -0.0469. The van der Waals surface area contributed by atoms with Crippen molar-refractivity contribution in [3.05, 3.63) is 47.6 Å². The molecule has 0 N–H and O–H groups in total. The minimum absolute atomic E-state index is 0.0914. The molecule has 5 heteroatoms. The highest BCUT2D eigenvalue weighted by Gasteiger charge is 2.30. The van der Waals surface area contributed by atoms with Gasteiger partial charge in [0.2, 0.25) is 5.89 Å². The maximum Gasteiger partial charge on any atom is 0.243 e. The average Bonchev–Trinajstić information content (AvgIpc) is 3.05. The third-order valence-electron chi connectivity index (χ3n) is 4.29. The number of nitrogens with zero attached hydrogens (tertiary/aromatic N) is 3. The number of aromatic nitrogens is 2. The van der Waals surface area contributed by atoms with Crippen molar-refractivity contribution in [3.8, 4) is 0 Å². The van der Waals surface area contributed by atoms with Gasteiger partial charge in [-0.05, 0) is 12.5 Å².